The second-order valence-electron chi connectivity index (χ2n) is 10.8. The van der Waals surface area contributed by atoms with Crippen LogP contribution in [0, 0.1) is 23.1 Å². The van der Waals surface area contributed by atoms with Crippen LogP contribution in [0.15, 0.2) is 65.6 Å². The van der Waals surface area contributed by atoms with E-state index in [1.165, 1.54) is 29.8 Å². The number of carbonyl (C=O) groups excluding carboxylic acids is 1. The maximum atomic E-state index is 13.8. The summed E-state index contributed by atoms with van der Waals surface area (Å²) in [4.78, 5) is 36.0. The lowest BCUT2D eigenvalue weighted by atomic mass is 9.83. The van der Waals surface area contributed by atoms with Crippen LogP contribution in [-0.2, 0) is 27.2 Å². The topological polar surface area (TPSA) is 123 Å². The van der Waals surface area contributed by atoms with Crippen molar-refractivity contribution in [3.63, 3.8) is 0 Å². The van der Waals surface area contributed by atoms with Crippen LogP contribution in [0.4, 0.5) is 17.6 Å². The highest BCUT2D eigenvalue weighted by atomic mass is 32.2. The minimum atomic E-state index is -4.93. The Morgan fingerprint density at radius 3 is 2.47 bits per heavy atom. The molecule has 0 aliphatic rings. The van der Waals surface area contributed by atoms with E-state index in [0.29, 0.717) is 23.4 Å². The van der Waals surface area contributed by atoms with Crippen LogP contribution in [0.3, 0.4) is 0 Å². The molecule has 0 saturated heterocycles. The fourth-order valence-corrected chi connectivity index (χ4v) is 6.11. The van der Waals surface area contributed by atoms with E-state index in [1.807, 2.05) is 6.07 Å². The number of rotatable bonds is 12. The van der Waals surface area contributed by atoms with Gasteiger partial charge in [0.05, 0.1) is 34.0 Å². The molecule has 1 unspecified atom stereocenters. The number of Topliss-reactive ketones (excluding diaryl/α,β-unsaturated/α-hetero) is 1. The second kappa shape index (κ2) is 13.7. The van der Waals surface area contributed by atoms with Crippen molar-refractivity contribution in [1.82, 2.24) is 14.5 Å². The minimum Gasteiger partial charge on any atom is -0.299 e. The lowest BCUT2D eigenvalue weighted by Crippen LogP contribution is -2.29. The summed E-state index contributed by atoms with van der Waals surface area (Å²) in [5.41, 5.74) is -0.989. The number of nitriles is 1. The third-order valence-corrected chi connectivity index (χ3v) is 9.53. The third kappa shape index (κ3) is 7.99. The van der Waals surface area contributed by atoms with Gasteiger partial charge in [0.25, 0.3) is 5.56 Å². The van der Waals surface area contributed by atoms with E-state index >= 15 is 0 Å². The van der Waals surface area contributed by atoms with Gasteiger partial charge in [-0.3, -0.25) is 14.2 Å². The van der Waals surface area contributed by atoms with Crippen molar-refractivity contribution < 1.29 is 30.8 Å². The highest BCUT2D eigenvalue weighted by Crippen LogP contribution is 2.34. The highest BCUT2D eigenvalue weighted by Gasteiger charge is 2.34. The second-order valence-corrected chi connectivity index (χ2v) is 13.3. The van der Waals surface area contributed by atoms with Crippen molar-refractivity contribution in [2.75, 3.05) is 11.5 Å². The minimum absolute atomic E-state index is 0.0174. The van der Waals surface area contributed by atoms with Crippen LogP contribution in [0.1, 0.15) is 61.5 Å². The Balaban J connectivity index is 1.74. The number of halogens is 4. The van der Waals surface area contributed by atoms with Crippen LogP contribution < -0.4 is 5.56 Å². The first-order valence-electron chi connectivity index (χ1n) is 14.2. The number of aromatic nitrogens is 3. The molecule has 8 nitrogen and oxygen atoms in total. The van der Waals surface area contributed by atoms with Gasteiger partial charge in [0.2, 0.25) is 0 Å². The summed E-state index contributed by atoms with van der Waals surface area (Å²) >= 11 is 0. The molecule has 0 bridgehead atoms. The molecule has 4 aromatic rings. The maximum Gasteiger partial charge on any atom is 0.419 e. The number of fused-ring (bicyclic) bond motifs is 1. The number of pyridine rings is 1. The van der Waals surface area contributed by atoms with Gasteiger partial charge in [-0.2, -0.15) is 18.4 Å². The highest BCUT2D eigenvalue weighted by molar-refractivity contribution is 7.91. The Labute approximate surface area is 257 Å². The smallest absolute Gasteiger partial charge is 0.299 e. The molecular formula is C32H30F4N4O4S. The third-order valence-electron chi connectivity index (χ3n) is 7.74. The molecule has 2 heterocycles. The maximum absolute atomic E-state index is 13.8. The molecule has 2 aromatic carbocycles. The van der Waals surface area contributed by atoms with Crippen molar-refractivity contribution in [2.24, 2.45) is 5.92 Å². The van der Waals surface area contributed by atoms with E-state index in [1.54, 1.807) is 31.2 Å². The van der Waals surface area contributed by atoms with Crippen molar-refractivity contribution in [2.45, 2.75) is 51.6 Å². The average Bonchev–Trinajstić information content (AvgIpc) is 3.00. The fourth-order valence-electron chi connectivity index (χ4n) is 5.22. The van der Waals surface area contributed by atoms with E-state index in [-0.39, 0.29) is 53.2 Å². The van der Waals surface area contributed by atoms with Gasteiger partial charge in [0, 0.05) is 30.7 Å². The largest absolute Gasteiger partial charge is 0.419 e. The summed E-state index contributed by atoms with van der Waals surface area (Å²) in [6, 6.07) is 13.8. The quantitative estimate of drug-likeness (QED) is 0.175. The first-order chi connectivity index (χ1) is 21.2. The van der Waals surface area contributed by atoms with Crippen LogP contribution in [0.5, 0.6) is 0 Å². The van der Waals surface area contributed by atoms with Crippen molar-refractivity contribution >= 4 is 26.7 Å². The van der Waals surface area contributed by atoms with Crippen molar-refractivity contribution in [3.05, 3.63) is 99.5 Å². The van der Waals surface area contributed by atoms with Gasteiger partial charge in [0.15, 0.2) is 5.65 Å². The summed E-state index contributed by atoms with van der Waals surface area (Å²) in [6.45, 7) is 3.27. The van der Waals surface area contributed by atoms with E-state index in [9.17, 15) is 40.8 Å². The Morgan fingerprint density at radius 1 is 1.11 bits per heavy atom. The normalized spacial score (nSPS) is 13.4. The molecule has 0 aliphatic heterocycles. The number of nitrogens with zero attached hydrogens (tertiary/aromatic N) is 4. The fraction of sp³-hybridized carbons (Fsp3) is 0.344. The van der Waals surface area contributed by atoms with Gasteiger partial charge in [-0.1, -0.05) is 19.9 Å². The number of sulfone groups is 1. The molecule has 0 aliphatic carbocycles. The lowest BCUT2D eigenvalue weighted by molar-refractivity contribution is -0.140. The zero-order valence-corrected chi connectivity index (χ0v) is 25.3. The van der Waals surface area contributed by atoms with E-state index < -0.39 is 57.0 Å². The average molecular weight is 643 g/mol. The number of ketones is 1. The Morgan fingerprint density at radius 2 is 1.82 bits per heavy atom. The van der Waals surface area contributed by atoms with Crippen LogP contribution in [0.2, 0.25) is 0 Å². The summed E-state index contributed by atoms with van der Waals surface area (Å²) in [6.07, 6.45) is -3.61. The van der Waals surface area contributed by atoms with E-state index in [4.69, 9.17) is 0 Å². The van der Waals surface area contributed by atoms with Crippen molar-refractivity contribution in [3.8, 4) is 11.8 Å². The summed E-state index contributed by atoms with van der Waals surface area (Å²) in [5.74, 6) is -3.06. The molecule has 0 spiro atoms. The SMILES string of the molecule is CCS(=O)(=O)CCCC(CC(=O)Cc1ccc(F)c(C(F)(F)F)c1)[C@H](C)c1nc2ncccc2c(=O)n1-c1ccc(C#N)cc1. The first kappa shape index (κ1) is 33.5. The number of carbonyl (C=O) groups is 1. The zero-order valence-electron chi connectivity index (χ0n) is 24.5. The van der Waals surface area contributed by atoms with Crippen LogP contribution in [-0.4, -0.2) is 40.2 Å². The molecule has 0 saturated carbocycles. The van der Waals surface area contributed by atoms with E-state index in [0.717, 1.165) is 6.07 Å². The number of hydrogen-bond donors (Lipinski definition) is 0. The number of benzene rings is 2. The lowest BCUT2D eigenvalue weighted by Gasteiger charge is -2.26. The van der Waals surface area contributed by atoms with Gasteiger partial charge in [-0.05, 0) is 72.9 Å². The molecule has 0 N–H and O–H groups in total. The van der Waals surface area contributed by atoms with Gasteiger partial charge < -0.3 is 0 Å². The summed E-state index contributed by atoms with van der Waals surface area (Å²) in [7, 11) is -3.33. The Bertz CT molecular complexity index is 1920. The molecule has 2 aromatic heterocycles. The molecule has 45 heavy (non-hydrogen) atoms. The van der Waals surface area contributed by atoms with Gasteiger partial charge in [-0.25, -0.2) is 22.8 Å². The monoisotopic (exact) mass is 642 g/mol. The van der Waals surface area contributed by atoms with Crippen LogP contribution >= 0.6 is 0 Å². The number of hydrogen-bond acceptors (Lipinski definition) is 7. The first-order valence-corrected chi connectivity index (χ1v) is 16.0. The van der Waals surface area contributed by atoms with Gasteiger partial charge in [-0.15, -0.1) is 0 Å². The van der Waals surface area contributed by atoms with E-state index in [2.05, 4.69) is 9.97 Å². The van der Waals surface area contributed by atoms with Gasteiger partial charge in [0.1, 0.15) is 27.3 Å². The molecule has 4 rings (SSSR count). The molecular weight excluding hydrogens is 612 g/mol. The molecule has 236 valence electrons. The molecule has 0 amide bonds. The van der Waals surface area contributed by atoms with Gasteiger partial charge >= 0.3 is 6.18 Å². The molecule has 13 heteroatoms. The summed E-state index contributed by atoms with van der Waals surface area (Å²) in [5, 5.41) is 9.47. The Kier molecular flexibility index (Phi) is 10.2. The molecule has 0 radical (unpaired) electrons. The molecule has 2 atom stereocenters. The predicted octanol–water partition coefficient (Wildman–Crippen LogP) is 5.95. The Hall–Kier alpha value is -4.44. The number of alkyl halides is 3. The van der Waals surface area contributed by atoms with Crippen molar-refractivity contribution in [1.29, 1.82) is 5.26 Å². The standard InChI is InChI=1S/C32H30F4N4O4S/c1-3-45(43,44)15-5-6-23(18-25(41)16-22-10-13-28(33)27(17-22)32(34,35)36)20(2)30-39-29-26(7-4-14-38-29)31(42)40(30)24-11-8-21(19-37)9-12-24/h4,7-14,17,20,23H,3,5-6,15-16,18H2,1-2H3/t20-,23?/m0/s1. The zero-order chi connectivity index (χ0) is 32.9. The molecule has 0 fully saturated rings. The summed E-state index contributed by atoms with van der Waals surface area (Å²) < 4.78 is 79.5. The predicted molar refractivity (Wildman–Crippen MR) is 160 cm³/mol. The van der Waals surface area contributed by atoms with Crippen LogP contribution in [0.25, 0.3) is 16.7 Å².